The summed E-state index contributed by atoms with van der Waals surface area (Å²) in [7, 11) is 0. The molecule has 8 heteroatoms. The summed E-state index contributed by atoms with van der Waals surface area (Å²) in [4.78, 5) is 26.5. The summed E-state index contributed by atoms with van der Waals surface area (Å²) in [6, 6.07) is 16.6. The Morgan fingerprint density at radius 2 is 1.93 bits per heavy atom. The summed E-state index contributed by atoms with van der Waals surface area (Å²) >= 11 is 0. The third kappa shape index (κ3) is 4.75. The number of hydrogen-bond acceptors (Lipinski definition) is 5. The zero-order valence-electron chi connectivity index (χ0n) is 14.9. The van der Waals surface area contributed by atoms with Gasteiger partial charge in [0.05, 0.1) is 12.2 Å². The maximum absolute atomic E-state index is 12.4. The number of nitrogens with one attached hydrogen (secondary N) is 1. The minimum Gasteiger partial charge on any atom is -0.343 e. The van der Waals surface area contributed by atoms with Crippen molar-refractivity contribution in [3.05, 3.63) is 72.1 Å². The van der Waals surface area contributed by atoms with E-state index in [0.29, 0.717) is 24.3 Å². The average molecular weight is 364 g/mol. The van der Waals surface area contributed by atoms with E-state index in [9.17, 15) is 9.59 Å². The van der Waals surface area contributed by atoms with Gasteiger partial charge in [0.25, 0.3) is 5.91 Å². The molecule has 0 unspecified atom stereocenters. The molecule has 0 fully saturated rings. The smallest absolute Gasteiger partial charge is 0.251 e. The molecule has 0 radical (unpaired) electrons. The van der Waals surface area contributed by atoms with Crippen molar-refractivity contribution in [3.8, 4) is 5.69 Å². The zero-order chi connectivity index (χ0) is 19.1. The van der Waals surface area contributed by atoms with Crippen molar-refractivity contribution in [3.63, 3.8) is 0 Å². The van der Waals surface area contributed by atoms with Gasteiger partial charge in [0.15, 0.2) is 0 Å². The average Bonchev–Trinajstić information content (AvgIpc) is 3.26. The fraction of sp³-hybridized carbons (Fsp3) is 0.211. The van der Waals surface area contributed by atoms with E-state index in [1.165, 1.54) is 11.0 Å². The van der Waals surface area contributed by atoms with Crippen LogP contribution in [-0.4, -0.2) is 50.0 Å². The van der Waals surface area contributed by atoms with Crippen molar-refractivity contribution in [1.29, 1.82) is 0 Å². The van der Waals surface area contributed by atoms with Crippen LogP contribution in [0.15, 0.2) is 60.9 Å². The van der Waals surface area contributed by atoms with E-state index in [-0.39, 0.29) is 18.4 Å². The van der Waals surface area contributed by atoms with E-state index >= 15 is 0 Å². The third-order valence-electron chi connectivity index (χ3n) is 4.07. The second-order valence-corrected chi connectivity index (χ2v) is 5.88. The topological polar surface area (TPSA) is 93.0 Å². The summed E-state index contributed by atoms with van der Waals surface area (Å²) in [6.07, 6.45) is 1.45. The number of likely N-dealkylation sites (N-methyl/N-ethyl adjacent to an activating group) is 1. The Hall–Kier alpha value is -3.55. The second-order valence-electron chi connectivity index (χ2n) is 5.88. The quantitative estimate of drug-likeness (QED) is 0.685. The minimum absolute atomic E-state index is 0.0609. The lowest BCUT2D eigenvalue weighted by Crippen LogP contribution is -2.39. The third-order valence-corrected chi connectivity index (χ3v) is 4.07. The molecular weight excluding hydrogens is 344 g/mol. The lowest BCUT2D eigenvalue weighted by molar-refractivity contribution is -0.130. The highest BCUT2D eigenvalue weighted by Crippen LogP contribution is 2.09. The van der Waals surface area contributed by atoms with Crippen LogP contribution in [0, 0.1) is 0 Å². The van der Waals surface area contributed by atoms with Crippen LogP contribution in [0.1, 0.15) is 22.8 Å². The van der Waals surface area contributed by atoms with Crippen LogP contribution < -0.4 is 5.32 Å². The van der Waals surface area contributed by atoms with Gasteiger partial charge in [-0.2, -0.15) is 0 Å². The predicted molar refractivity (Wildman–Crippen MR) is 99.0 cm³/mol. The van der Waals surface area contributed by atoms with Crippen LogP contribution in [0.3, 0.4) is 0 Å². The van der Waals surface area contributed by atoms with Crippen LogP contribution in [0.5, 0.6) is 0 Å². The molecule has 138 valence electrons. The van der Waals surface area contributed by atoms with Gasteiger partial charge >= 0.3 is 0 Å². The zero-order valence-corrected chi connectivity index (χ0v) is 14.9. The maximum atomic E-state index is 12.4. The molecule has 27 heavy (non-hydrogen) atoms. The molecule has 0 saturated heterocycles. The molecule has 1 aromatic heterocycles. The van der Waals surface area contributed by atoms with Crippen molar-refractivity contribution in [2.24, 2.45) is 0 Å². The standard InChI is InChI=1S/C19H20N6O2/c1-2-24(13-15-7-4-3-5-8-15)18(26)12-20-19(27)16-9-6-10-17(11-16)25-14-21-22-23-25/h3-11,14H,2,12-13H2,1H3,(H,20,27). The fourth-order valence-corrected chi connectivity index (χ4v) is 2.62. The molecule has 3 aromatic rings. The van der Waals surface area contributed by atoms with Gasteiger partial charge < -0.3 is 10.2 Å². The molecule has 3 rings (SSSR count). The van der Waals surface area contributed by atoms with Gasteiger partial charge in [-0.15, -0.1) is 5.10 Å². The molecule has 0 aliphatic rings. The molecular formula is C19H20N6O2. The number of tetrazole rings is 1. The molecule has 1 heterocycles. The monoisotopic (exact) mass is 364 g/mol. The lowest BCUT2D eigenvalue weighted by Gasteiger charge is -2.21. The number of nitrogens with zero attached hydrogens (tertiary/aromatic N) is 5. The number of amides is 2. The van der Waals surface area contributed by atoms with Gasteiger partial charge in [0.1, 0.15) is 6.33 Å². The van der Waals surface area contributed by atoms with Crippen LogP contribution in [-0.2, 0) is 11.3 Å². The number of carbonyl (C=O) groups excluding carboxylic acids is 2. The fourth-order valence-electron chi connectivity index (χ4n) is 2.62. The Balaban J connectivity index is 1.59. The highest BCUT2D eigenvalue weighted by atomic mass is 16.2. The number of hydrogen-bond donors (Lipinski definition) is 1. The highest BCUT2D eigenvalue weighted by molar-refractivity contribution is 5.96. The van der Waals surface area contributed by atoms with Gasteiger partial charge in [-0.3, -0.25) is 9.59 Å². The molecule has 0 aliphatic heterocycles. The molecule has 2 amide bonds. The van der Waals surface area contributed by atoms with E-state index in [1.54, 1.807) is 29.2 Å². The summed E-state index contributed by atoms with van der Waals surface area (Å²) < 4.78 is 1.46. The molecule has 0 atom stereocenters. The van der Waals surface area contributed by atoms with E-state index in [2.05, 4.69) is 20.8 Å². The summed E-state index contributed by atoms with van der Waals surface area (Å²) in [5, 5.41) is 13.6. The van der Waals surface area contributed by atoms with E-state index < -0.39 is 0 Å². The number of rotatable bonds is 7. The Morgan fingerprint density at radius 3 is 2.63 bits per heavy atom. The predicted octanol–water partition coefficient (Wildman–Crippen LogP) is 1.44. The summed E-state index contributed by atoms with van der Waals surface area (Å²) in [5.74, 6) is -0.458. The van der Waals surface area contributed by atoms with Gasteiger partial charge in [-0.25, -0.2) is 4.68 Å². The first kappa shape index (κ1) is 18.2. The Morgan fingerprint density at radius 1 is 1.11 bits per heavy atom. The number of carbonyl (C=O) groups is 2. The first-order chi connectivity index (χ1) is 13.2. The highest BCUT2D eigenvalue weighted by Gasteiger charge is 2.14. The Bertz CT molecular complexity index is 896. The summed E-state index contributed by atoms with van der Waals surface area (Å²) in [6.45, 7) is 2.94. The van der Waals surface area contributed by atoms with Gasteiger partial charge in [0.2, 0.25) is 5.91 Å². The second kappa shape index (κ2) is 8.70. The largest absolute Gasteiger partial charge is 0.343 e. The lowest BCUT2D eigenvalue weighted by atomic mass is 10.2. The van der Waals surface area contributed by atoms with Crippen LogP contribution >= 0.6 is 0 Å². The van der Waals surface area contributed by atoms with E-state index in [0.717, 1.165) is 5.56 Å². The molecule has 8 nitrogen and oxygen atoms in total. The van der Waals surface area contributed by atoms with Crippen LogP contribution in [0.2, 0.25) is 0 Å². The van der Waals surface area contributed by atoms with Gasteiger partial charge in [-0.05, 0) is 41.1 Å². The van der Waals surface area contributed by atoms with Crippen molar-refractivity contribution >= 4 is 11.8 Å². The molecule has 0 bridgehead atoms. The summed E-state index contributed by atoms with van der Waals surface area (Å²) in [5.41, 5.74) is 2.15. The molecule has 1 N–H and O–H groups in total. The Kier molecular flexibility index (Phi) is 5.88. The first-order valence-corrected chi connectivity index (χ1v) is 8.60. The van der Waals surface area contributed by atoms with Crippen molar-refractivity contribution < 1.29 is 9.59 Å². The van der Waals surface area contributed by atoms with Crippen LogP contribution in [0.25, 0.3) is 5.69 Å². The SMILES string of the molecule is CCN(Cc1ccccc1)C(=O)CNC(=O)c1cccc(-n2cnnn2)c1. The van der Waals surface area contributed by atoms with Crippen molar-refractivity contribution in [2.75, 3.05) is 13.1 Å². The van der Waals surface area contributed by atoms with Gasteiger partial charge in [0, 0.05) is 18.7 Å². The normalized spacial score (nSPS) is 10.4. The van der Waals surface area contributed by atoms with E-state index in [4.69, 9.17) is 0 Å². The van der Waals surface area contributed by atoms with Crippen LogP contribution in [0.4, 0.5) is 0 Å². The molecule has 0 spiro atoms. The number of benzene rings is 2. The molecule has 0 aliphatic carbocycles. The molecule has 2 aromatic carbocycles. The van der Waals surface area contributed by atoms with Crippen molar-refractivity contribution in [1.82, 2.24) is 30.4 Å². The maximum Gasteiger partial charge on any atom is 0.251 e. The number of aromatic nitrogens is 4. The van der Waals surface area contributed by atoms with Gasteiger partial charge in [-0.1, -0.05) is 36.4 Å². The first-order valence-electron chi connectivity index (χ1n) is 8.60. The molecule has 0 saturated carbocycles. The Labute approximate surface area is 156 Å². The minimum atomic E-state index is -0.325. The van der Waals surface area contributed by atoms with E-state index in [1.807, 2.05) is 37.3 Å². The van der Waals surface area contributed by atoms with Crippen molar-refractivity contribution in [2.45, 2.75) is 13.5 Å².